The number of ether oxygens (including phenoxy) is 4. The molecule has 0 fully saturated rings. The molecule has 0 aliphatic carbocycles. The maximum absolute atomic E-state index is 13.3. The summed E-state index contributed by atoms with van der Waals surface area (Å²) in [5.74, 6) is 0.0621. The van der Waals surface area contributed by atoms with Crippen LogP contribution in [0.2, 0.25) is 0 Å². The van der Waals surface area contributed by atoms with Gasteiger partial charge in [-0.1, -0.05) is 203 Å². The van der Waals surface area contributed by atoms with E-state index in [1.807, 2.05) is 0 Å². The Kier molecular flexibility index (Phi) is 26.4. The molecule has 3 rings (SSSR count). The van der Waals surface area contributed by atoms with E-state index in [0.29, 0.717) is 33.2 Å². The average molecular weight is 873 g/mol. The number of hydrogen-bond donors (Lipinski definition) is 0. The summed E-state index contributed by atoms with van der Waals surface area (Å²) in [5.41, 5.74) is -0.0243. The Balaban J connectivity index is 1.94. The average Bonchev–Trinajstić information content (AvgIpc) is 3.86. The first-order chi connectivity index (χ1) is 28.4. The van der Waals surface area contributed by atoms with Crippen molar-refractivity contribution in [2.45, 2.75) is 201 Å². The summed E-state index contributed by atoms with van der Waals surface area (Å²) in [4.78, 5) is 29.8. The van der Waals surface area contributed by atoms with Gasteiger partial charge in [-0.25, -0.2) is 9.59 Å². The molecule has 1 aromatic carbocycles. The first-order valence-corrected chi connectivity index (χ1v) is 25.6. The first-order valence-electron chi connectivity index (χ1n) is 22.3. The van der Waals surface area contributed by atoms with Crippen LogP contribution < -0.4 is 9.47 Å². The van der Waals surface area contributed by atoms with Crippen molar-refractivity contribution in [3.8, 4) is 23.6 Å². The second-order valence-electron chi connectivity index (χ2n) is 15.0. The summed E-state index contributed by atoms with van der Waals surface area (Å²) >= 11 is 5.38. The number of nitrogens with zero attached hydrogens (tertiary/aromatic N) is 2. The molecule has 322 valence electrons. The molecule has 0 bridgehead atoms. The molecular formula is C46H68N2O6S4. The van der Waals surface area contributed by atoms with Gasteiger partial charge >= 0.3 is 11.9 Å². The molecule has 0 saturated heterocycles. The number of thioether (sulfide) groups is 4. The second kappa shape index (κ2) is 30.6. The van der Waals surface area contributed by atoms with Crippen molar-refractivity contribution in [1.82, 2.24) is 0 Å². The molecule has 2 aliphatic rings. The van der Waals surface area contributed by atoms with E-state index in [9.17, 15) is 20.1 Å². The zero-order valence-electron chi connectivity index (χ0n) is 35.8. The van der Waals surface area contributed by atoms with E-state index in [1.165, 1.54) is 124 Å². The lowest BCUT2D eigenvalue weighted by Crippen LogP contribution is -2.09. The quantitative estimate of drug-likeness (QED) is 0.0297. The minimum atomic E-state index is -0.609. The Hall–Kier alpha value is -2.38. The number of benzene rings is 1. The molecular weight excluding hydrogens is 805 g/mol. The fraction of sp³-hybridized carbons (Fsp3) is 0.696. The third-order valence-electron chi connectivity index (χ3n) is 10.0. The van der Waals surface area contributed by atoms with Gasteiger partial charge in [0.25, 0.3) is 0 Å². The van der Waals surface area contributed by atoms with Gasteiger partial charge in [-0.05, 0) is 25.7 Å². The summed E-state index contributed by atoms with van der Waals surface area (Å²) in [6, 6.07) is 4.30. The van der Waals surface area contributed by atoms with Crippen LogP contribution in [0, 0.1) is 22.7 Å². The minimum absolute atomic E-state index is 0.0122. The number of hydrogen-bond acceptors (Lipinski definition) is 12. The van der Waals surface area contributed by atoms with Crippen LogP contribution in [0.4, 0.5) is 0 Å². The Morgan fingerprint density at radius 1 is 0.414 bits per heavy atom. The Labute approximate surface area is 367 Å². The summed E-state index contributed by atoms with van der Waals surface area (Å²) in [7, 11) is 0. The van der Waals surface area contributed by atoms with E-state index in [2.05, 4.69) is 39.8 Å². The maximum Gasteiger partial charge on any atom is 0.350 e. The molecule has 0 aromatic heterocycles. The maximum atomic E-state index is 13.3. The predicted molar refractivity (Wildman–Crippen MR) is 242 cm³/mol. The lowest BCUT2D eigenvalue weighted by molar-refractivity contribution is -0.139. The smallest absolute Gasteiger partial charge is 0.350 e. The van der Waals surface area contributed by atoms with Crippen LogP contribution in [-0.4, -0.2) is 38.4 Å². The Morgan fingerprint density at radius 2 is 0.672 bits per heavy atom. The van der Waals surface area contributed by atoms with Gasteiger partial charge in [0.15, 0.2) is 11.1 Å². The third-order valence-corrected chi connectivity index (χ3v) is 15.2. The van der Waals surface area contributed by atoms with Crippen LogP contribution >= 0.6 is 47.0 Å². The van der Waals surface area contributed by atoms with Crippen molar-refractivity contribution in [3.05, 3.63) is 19.6 Å². The summed E-state index contributed by atoms with van der Waals surface area (Å²) < 4.78 is 25.6. The van der Waals surface area contributed by atoms with E-state index >= 15 is 0 Å². The molecule has 0 saturated carbocycles. The number of unbranched alkanes of at least 4 members (excludes halogenated alkanes) is 20. The molecule has 12 heteroatoms. The van der Waals surface area contributed by atoms with Crippen molar-refractivity contribution < 1.29 is 28.5 Å². The van der Waals surface area contributed by atoms with Gasteiger partial charge in [0.05, 0.1) is 54.5 Å². The standard InChI is InChI=1S/C46H68N2O6S4/c1-5-9-13-17-21-25-29-51-37-39-41(57-45(55-39)35(33-47)43(49)53-31-27-23-19-15-11-7-3)38(52-30-26-22-18-14-10-6-2)42-40(37)56-46(58-42)36(34-48)44(50)54-32-28-24-20-16-12-8-4/h5-32H2,1-4H3. The van der Waals surface area contributed by atoms with Crippen molar-refractivity contribution in [3.63, 3.8) is 0 Å². The topological polar surface area (TPSA) is 119 Å². The lowest BCUT2D eigenvalue weighted by atomic mass is 10.1. The van der Waals surface area contributed by atoms with E-state index in [-0.39, 0.29) is 24.4 Å². The molecule has 0 N–H and O–H groups in total. The molecule has 8 nitrogen and oxygen atoms in total. The van der Waals surface area contributed by atoms with Gasteiger partial charge in [-0.15, -0.1) is 0 Å². The minimum Gasteiger partial charge on any atom is -0.491 e. The molecule has 0 spiro atoms. The van der Waals surface area contributed by atoms with Gasteiger partial charge in [-0.2, -0.15) is 10.5 Å². The van der Waals surface area contributed by atoms with Crippen LogP contribution in [0.1, 0.15) is 182 Å². The highest BCUT2D eigenvalue weighted by atomic mass is 32.2. The van der Waals surface area contributed by atoms with Crippen LogP contribution in [0.25, 0.3) is 0 Å². The molecule has 2 heterocycles. The predicted octanol–water partition coefficient (Wildman–Crippen LogP) is 14.8. The Morgan fingerprint density at radius 3 is 0.948 bits per heavy atom. The Bertz CT molecular complexity index is 1420. The third kappa shape index (κ3) is 16.9. The van der Waals surface area contributed by atoms with Gasteiger partial charge in [0.1, 0.15) is 23.6 Å². The van der Waals surface area contributed by atoms with Crippen LogP contribution in [0.5, 0.6) is 11.5 Å². The van der Waals surface area contributed by atoms with Crippen molar-refractivity contribution in [1.29, 1.82) is 10.5 Å². The van der Waals surface area contributed by atoms with Gasteiger partial charge in [0.2, 0.25) is 0 Å². The van der Waals surface area contributed by atoms with Gasteiger partial charge < -0.3 is 18.9 Å². The fourth-order valence-electron chi connectivity index (χ4n) is 6.57. The summed E-state index contributed by atoms with van der Waals surface area (Å²) in [6.07, 6.45) is 26.2. The molecule has 0 radical (unpaired) electrons. The van der Waals surface area contributed by atoms with E-state index < -0.39 is 11.9 Å². The monoisotopic (exact) mass is 872 g/mol. The molecule has 2 aliphatic heterocycles. The van der Waals surface area contributed by atoms with Crippen molar-refractivity contribution in [2.24, 2.45) is 0 Å². The number of fused-ring (bicyclic) bond motifs is 2. The summed E-state index contributed by atoms with van der Waals surface area (Å²) in [6.45, 7) is 10.3. The highest BCUT2D eigenvalue weighted by Crippen LogP contribution is 2.68. The zero-order chi connectivity index (χ0) is 41.8. The van der Waals surface area contributed by atoms with Crippen LogP contribution in [0.3, 0.4) is 0 Å². The summed E-state index contributed by atoms with van der Waals surface area (Å²) in [5, 5.41) is 20.6. The molecule has 0 amide bonds. The van der Waals surface area contributed by atoms with Gasteiger partial charge in [0, 0.05) is 0 Å². The van der Waals surface area contributed by atoms with E-state index in [0.717, 1.165) is 96.6 Å². The number of nitriles is 2. The van der Waals surface area contributed by atoms with Crippen LogP contribution in [0.15, 0.2) is 39.2 Å². The van der Waals surface area contributed by atoms with Crippen LogP contribution in [-0.2, 0) is 19.1 Å². The van der Waals surface area contributed by atoms with Crippen molar-refractivity contribution in [2.75, 3.05) is 26.4 Å². The number of esters is 2. The number of carbonyl (C=O) groups is 2. The molecule has 0 unspecified atom stereocenters. The second-order valence-corrected chi connectivity index (χ2v) is 19.6. The largest absolute Gasteiger partial charge is 0.491 e. The molecule has 58 heavy (non-hydrogen) atoms. The lowest BCUT2D eigenvalue weighted by Gasteiger charge is -2.18. The highest BCUT2D eigenvalue weighted by Gasteiger charge is 2.40. The van der Waals surface area contributed by atoms with Crippen molar-refractivity contribution >= 4 is 59.0 Å². The normalized spacial score (nSPS) is 12.8. The SMILES string of the molecule is CCCCCCCCOC(=O)C(C#N)=C1Sc2c(OCCCCCCCC)c3c(c(OCCCCCCCC)c2S1)SC(=C(C#N)C(=O)OCCCCCCCC)S3. The number of carbonyl (C=O) groups excluding carboxylic acids is 2. The molecule has 1 aromatic rings. The first kappa shape index (κ1) is 50.0. The van der Waals surface area contributed by atoms with Gasteiger partial charge in [-0.3, -0.25) is 0 Å². The zero-order valence-corrected chi connectivity index (χ0v) is 39.0. The van der Waals surface area contributed by atoms with E-state index in [4.69, 9.17) is 18.9 Å². The number of rotatable bonds is 32. The fourth-order valence-corrected chi connectivity index (χ4v) is 12.0. The molecule has 0 atom stereocenters. The van der Waals surface area contributed by atoms with E-state index in [1.54, 1.807) is 0 Å². The highest BCUT2D eigenvalue weighted by molar-refractivity contribution is 8.26.